The highest BCUT2D eigenvalue weighted by atomic mass is 32.2. The van der Waals surface area contributed by atoms with Gasteiger partial charge in [0.2, 0.25) is 0 Å². The first-order valence-corrected chi connectivity index (χ1v) is 8.85. The van der Waals surface area contributed by atoms with E-state index in [1.165, 1.54) is 6.07 Å². The van der Waals surface area contributed by atoms with Crippen LogP contribution in [-0.2, 0) is 11.5 Å². The van der Waals surface area contributed by atoms with E-state index in [-0.39, 0.29) is 16.3 Å². The second-order valence-electron chi connectivity index (χ2n) is 5.17. The molecule has 0 saturated heterocycles. The average molecular weight is 318 g/mol. The third kappa shape index (κ3) is 3.85. The molecule has 22 heavy (non-hydrogen) atoms. The van der Waals surface area contributed by atoms with E-state index in [0.29, 0.717) is 30.2 Å². The van der Waals surface area contributed by atoms with Gasteiger partial charge in [-0.05, 0) is 36.9 Å². The van der Waals surface area contributed by atoms with E-state index in [4.69, 9.17) is 4.74 Å². The van der Waals surface area contributed by atoms with Gasteiger partial charge < -0.3 is 9.30 Å². The summed E-state index contributed by atoms with van der Waals surface area (Å²) in [6, 6.07) is 8.81. The molecule has 1 aromatic heterocycles. The lowest BCUT2D eigenvalue weighted by Crippen LogP contribution is -2.07. The summed E-state index contributed by atoms with van der Waals surface area (Å²) in [4.78, 5) is 0. The summed E-state index contributed by atoms with van der Waals surface area (Å²) in [5, 5.41) is 9.25. The fourth-order valence-electron chi connectivity index (χ4n) is 2.15. The number of hydrogen-bond donors (Lipinski definition) is 0. The highest BCUT2D eigenvalue weighted by molar-refractivity contribution is 8.13. The Labute approximate surface area is 132 Å². The zero-order valence-electron chi connectivity index (χ0n) is 12.8. The van der Waals surface area contributed by atoms with Gasteiger partial charge in [0.1, 0.15) is 18.6 Å². The van der Waals surface area contributed by atoms with Crippen LogP contribution in [0.1, 0.15) is 11.1 Å². The molecule has 0 radical (unpaired) electrons. The molecule has 0 bridgehead atoms. The summed E-state index contributed by atoms with van der Waals surface area (Å²) in [5.74, 6) is 4.49. The Morgan fingerprint density at radius 1 is 1.41 bits per heavy atom. The van der Waals surface area contributed by atoms with Crippen LogP contribution in [0.5, 0.6) is 0 Å². The van der Waals surface area contributed by atoms with Gasteiger partial charge in [-0.1, -0.05) is 11.9 Å². The van der Waals surface area contributed by atoms with Crippen LogP contribution in [0.3, 0.4) is 0 Å². The molecule has 3 nitrogen and oxygen atoms in total. The fourth-order valence-corrected chi connectivity index (χ4v) is 2.55. The molecule has 5 heteroatoms. The number of ether oxygens (including phenoxy) is 1. The lowest BCUT2D eigenvalue weighted by atomic mass is 10.1. The number of hydrogen-bond acceptors (Lipinski definition) is 2. The molecule has 2 aromatic rings. The number of benzene rings is 1. The minimum Gasteiger partial charge on any atom is -0.360 e. The monoisotopic (exact) mass is 318 g/mol. The average Bonchev–Trinajstić information content (AvgIpc) is 2.86. The molecule has 0 saturated carbocycles. The van der Waals surface area contributed by atoms with Gasteiger partial charge in [-0.3, -0.25) is 0 Å². The van der Waals surface area contributed by atoms with Crippen molar-refractivity contribution in [2.45, 2.75) is 13.7 Å². The van der Waals surface area contributed by atoms with Crippen LogP contribution in [0.2, 0.25) is 0 Å². The predicted molar refractivity (Wildman–Crippen MR) is 90.7 cm³/mol. The Hall–Kier alpha value is -1.90. The molecule has 1 atom stereocenters. The first kappa shape index (κ1) is 16.5. The number of aryl methyl sites for hydroxylation is 1. The fraction of sp³-hybridized carbons (Fsp3) is 0.294. The van der Waals surface area contributed by atoms with E-state index < -0.39 is 0 Å². The number of halogens is 1. The number of nitriles is 1. The quantitative estimate of drug-likeness (QED) is 0.600. The van der Waals surface area contributed by atoms with Gasteiger partial charge in [-0.15, -0.1) is 0 Å². The molecule has 0 fully saturated rings. The topological polar surface area (TPSA) is 38.0 Å². The minimum absolute atomic E-state index is 0.0859. The van der Waals surface area contributed by atoms with Crippen molar-refractivity contribution in [2.75, 3.05) is 18.6 Å². The van der Waals surface area contributed by atoms with Crippen LogP contribution in [-0.4, -0.2) is 29.1 Å². The Balaban J connectivity index is 2.28. The number of nitrogens with zero attached hydrogens (tertiary/aromatic N) is 2. The first-order valence-electron chi connectivity index (χ1n) is 6.88. The van der Waals surface area contributed by atoms with Crippen LogP contribution in [0.4, 0.5) is 4.39 Å². The van der Waals surface area contributed by atoms with Gasteiger partial charge in [0.25, 0.3) is 0 Å². The molecular formula is C17H19FN2OS. The van der Waals surface area contributed by atoms with Crippen molar-refractivity contribution >= 4 is 16.4 Å². The van der Waals surface area contributed by atoms with Crippen molar-refractivity contribution in [1.29, 1.82) is 5.26 Å². The standard InChI is InChI=1S/C17H19FN2OS/c1-13-4-5-15(16(18)10-13)17-14(11-19)6-7-20(17)12-21-8-9-22(2)3/h4-7,10H,2,8-9,12H2,1,3H3/t22-/m0/s1. The van der Waals surface area contributed by atoms with Gasteiger partial charge in [0.15, 0.2) is 0 Å². The highest BCUT2D eigenvalue weighted by Gasteiger charge is 2.15. The largest absolute Gasteiger partial charge is 0.360 e. The Morgan fingerprint density at radius 2 is 2.18 bits per heavy atom. The Kier molecular flexibility index (Phi) is 5.53. The number of aromatic nitrogens is 1. The zero-order chi connectivity index (χ0) is 16.1. The molecule has 2 rings (SSSR count). The molecule has 0 amide bonds. The Morgan fingerprint density at radius 3 is 2.82 bits per heavy atom. The summed E-state index contributed by atoms with van der Waals surface area (Å²) in [5.41, 5.74) is 2.27. The van der Waals surface area contributed by atoms with E-state index in [9.17, 15) is 9.65 Å². The molecule has 1 aromatic carbocycles. The second-order valence-corrected chi connectivity index (χ2v) is 7.14. The molecule has 0 unspecified atom stereocenters. The van der Waals surface area contributed by atoms with E-state index in [0.717, 1.165) is 11.3 Å². The molecule has 0 aliphatic rings. The molecule has 1 heterocycles. The SMILES string of the molecule is C=[S@@](C)CCOCn1ccc(C#N)c1-c1ccc(C)cc1F. The molecule has 0 aliphatic heterocycles. The normalized spacial score (nSPS) is 12.1. The van der Waals surface area contributed by atoms with Crippen LogP contribution in [0.25, 0.3) is 11.3 Å². The van der Waals surface area contributed by atoms with E-state index in [2.05, 4.69) is 18.2 Å². The van der Waals surface area contributed by atoms with Crippen molar-refractivity contribution in [3.63, 3.8) is 0 Å². The highest BCUT2D eigenvalue weighted by Crippen LogP contribution is 2.28. The third-order valence-corrected chi connectivity index (χ3v) is 4.13. The molecule has 0 aliphatic carbocycles. The van der Waals surface area contributed by atoms with Crippen molar-refractivity contribution in [2.24, 2.45) is 0 Å². The lowest BCUT2D eigenvalue weighted by Gasteiger charge is -2.12. The zero-order valence-corrected chi connectivity index (χ0v) is 13.6. The summed E-state index contributed by atoms with van der Waals surface area (Å²) >= 11 is 0. The predicted octanol–water partition coefficient (Wildman–Crippen LogP) is 3.78. The second kappa shape index (κ2) is 7.39. The maximum absolute atomic E-state index is 14.2. The summed E-state index contributed by atoms with van der Waals surface area (Å²) in [6.07, 6.45) is 3.81. The molecule has 116 valence electrons. The number of rotatable bonds is 6. The lowest BCUT2D eigenvalue weighted by molar-refractivity contribution is 0.0912. The van der Waals surface area contributed by atoms with Crippen LogP contribution in [0, 0.1) is 24.1 Å². The summed E-state index contributed by atoms with van der Waals surface area (Å²) in [7, 11) is 0.0859. The van der Waals surface area contributed by atoms with E-state index in [1.807, 2.05) is 13.0 Å². The van der Waals surface area contributed by atoms with Crippen LogP contribution < -0.4 is 0 Å². The maximum atomic E-state index is 14.2. The third-order valence-electron chi connectivity index (χ3n) is 3.27. The summed E-state index contributed by atoms with van der Waals surface area (Å²) < 4.78 is 21.6. The maximum Gasteiger partial charge on any atom is 0.132 e. The van der Waals surface area contributed by atoms with Crippen molar-refractivity contribution in [3.8, 4) is 17.3 Å². The molecular weight excluding hydrogens is 299 g/mol. The van der Waals surface area contributed by atoms with Gasteiger partial charge in [-0.25, -0.2) is 4.39 Å². The van der Waals surface area contributed by atoms with Gasteiger partial charge >= 0.3 is 0 Å². The Bertz CT molecular complexity index is 731. The molecule has 0 spiro atoms. The van der Waals surface area contributed by atoms with Crippen molar-refractivity contribution in [1.82, 2.24) is 4.57 Å². The van der Waals surface area contributed by atoms with Gasteiger partial charge in [-0.2, -0.15) is 15.7 Å². The minimum atomic E-state index is -0.329. The van der Waals surface area contributed by atoms with Gasteiger partial charge in [0.05, 0.1) is 17.9 Å². The van der Waals surface area contributed by atoms with E-state index in [1.54, 1.807) is 22.9 Å². The van der Waals surface area contributed by atoms with Crippen molar-refractivity contribution in [3.05, 3.63) is 47.4 Å². The van der Waals surface area contributed by atoms with E-state index >= 15 is 0 Å². The first-order chi connectivity index (χ1) is 10.5. The van der Waals surface area contributed by atoms with Gasteiger partial charge in [0, 0.05) is 17.5 Å². The smallest absolute Gasteiger partial charge is 0.132 e. The van der Waals surface area contributed by atoms with Crippen LogP contribution in [0.15, 0.2) is 30.5 Å². The van der Waals surface area contributed by atoms with Crippen molar-refractivity contribution < 1.29 is 9.13 Å². The summed E-state index contributed by atoms with van der Waals surface area (Å²) in [6.45, 7) is 2.72. The molecule has 0 N–H and O–H groups in total. The van der Waals surface area contributed by atoms with Crippen LogP contribution >= 0.6 is 10.5 Å².